The van der Waals surface area contributed by atoms with Gasteiger partial charge >= 0.3 is 6.03 Å². The second-order valence-electron chi connectivity index (χ2n) is 8.11. The number of amides is 3. The van der Waals surface area contributed by atoms with E-state index >= 15 is 0 Å². The van der Waals surface area contributed by atoms with Gasteiger partial charge in [-0.25, -0.2) is 4.79 Å². The zero-order valence-corrected chi connectivity index (χ0v) is 17.3. The molecule has 0 radical (unpaired) electrons. The molecule has 3 rings (SSSR count). The second-order valence-corrected chi connectivity index (χ2v) is 8.11. The van der Waals surface area contributed by atoms with Gasteiger partial charge in [-0.15, -0.1) is 0 Å². The van der Waals surface area contributed by atoms with Crippen LogP contribution in [0.1, 0.15) is 36.9 Å². The zero-order chi connectivity index (χ0) is 20.9. The maximum absolute atomic E-state index is 12.3. The summed E-state index contributed by atoms with van der Waals surface area (Å²) in [6.07, 6.45) is 1.48. The monoisotopic (exact) mass is 399 g/mol. The van der Waals surface area contributed by atoms with Gasteiger partial charge in [-0.05, 0) is 35.2 Å². The van der Waals surface area contributed by atoms with Gasteiger partial charge in [-0.2, -0.15) is 0 Å². The number of benzene rings is 1. The molecule has 1 aliphatic rings. The molecule has 2 heterocycles. The first-order chi connectivity index (χ1) is 13.8. The Balaban J connectivity index is 1.36. The van der Waals surface area contributed by atoms with Crippen molar-refractivity contribution in [1.82, 2.24) is 15.1 Å². The first kappa shape index (κ1) is 20.8. The molecule has 0 unspecified atom stereocenters. The van der Waals surface area contributed by atoms with Crippen molar-refractivity contribution >= 4 is 11.9 Å². The summed E-state index contributed by atoms with van der Waals surface area (Å²) in [7, 11) is 0. The normalized spacial score (nSPS) is 14.6. The minimum atomic E-state index is -0.138. The van der Waals surface area contributed by atoms with E-state index < -0.39 is 0 Å². The summed E-state index contributed by atoms with van der Waals surface area (Å²) in [6, 6.07) is 11.3. The van der Waals surface area contributed by atoms with Gasteiger partial charge in [-0.1, -0.05) is 32.9 Å². The predicted octanol–water partition coefficient (Wildman–Crippen LogP) is 3.12. The highest BCUT2D eigenvalue weighted by Crippen LogP contribution is 2.24. The van der Waals surface area contributed by atoms with Gasteiger partial charge in [0.25, 0.3) is 5.91 Å². The first-order valence-corrected chi connectivity index (χ1v) is 9.93. The van der Waals surface area contributed by atoms with Crippen LogP contribution >= 0.6 is 0 Å². The number of carbonyl (C=O) groups excluding carboxylic acids is 2. The number of piperazine rings is 1. The Morgan fingerprint density at radius 2 is 1.69 bits per heavy atom. The topological polar surface area (TPSA) is 75.0 Å². The SMILES string of the molecule is CC(C)(C)c1ccc(OCCNC(=O)N2CCN(C(=O)c3ccco3)CC2)cc1. The molecule has 0 spiro atoms. The number of carbonyl (C=O) groups is 2. The molecule has 1 aromatic carbocycles. The Morgan fingerprint density at radius 1 is 1.03 bits per heavy atom. The minimum absolute atomic E-state index is 0.110. The molecule has 1 fully saturated rings. The number of hydrogen-bond donors (Lipinski definition) is 1. The number of hydrogen-bond acceptors (Lipinski definition) is 4. The summed E-state index contributed by atoms with van der Waals surface area (Å²) in [5.41, 5.74) is 1.36. The number of urea groups is 1. The van der Waals surface area contributed by atoms with Crippen molar-refractivity contribution in [2.45, 2.75) is 26.2 Å². The van der Waals surface area contributed by atoms with Gasteiger partial charge in [0.05, 0.1) is 12.8 Å². The van der Waals surface area contributed by atoms with E-state index in [9.17, 15) is 9.59 Å². The Labute approximate surface area is 171 Å². The smallest absolute Gasteiger partial charge is 0.317 e. The van der Waals surface area contributed by atoms with Crippen molar-refractivity contribution in [2.24, 2.45) is 0 Å². The van der Waals surface area contributed by atoms with E-state index in [1.807, 2.05) is 12.1 Å². The van der Waals surface area contributed by atoms with Crippen molar-refractivity contribution in [3.8, 4) is 5.75 Å². The molecule has 2 aromatic rings. The van der Waals surface area contributed by atoms with E-state index in [-0.39, 0.29) is 17.4 Å². The molecule has 1 aromatic heterocycles. The molecule has 7 heteroatoms. The molecule has 1 N–H and O–H groups in total. The van der Waals surface area contributed by atoms with Crippen LogP contribution in [0.5, 0.6) is 5.75 Å². The molecule has 1 saturated heterocycles. The van der Waals surface area contributed by atoms with Gasteiger partial charge in [0.2, 0.25) is 0 Å². The summed E-state index contributed by atoms with van der Waals surface area (Å²) >= 11 is 0. The molecule has 1 aliphatic heterocycles. The molecular formula is C22H29N3O4. The summed E-state index contributed by atoms with van der Waals surface area (Å²) in [4.78, 5) is 28.0. The Morgan fingerprint density at radius 3 is 2.28 bits per heavy atom. The fourth-order valence-corrected chi connectivity index (χ4v) is 3.16. The molecular weight excluding hydrogens is 370 g/mol. The van der Waals surface area contributed by atoms with Crippen LogP contribution in [0.2, 0.25) is 0 Å². The third-order valence-corrected chi connectivity index (χ3v) is 4.95. The lowest BCUT2D eigenvalue weighted by Gasteiger charge is -2.34. The van der Waals surface area contributed by atoms with E-state index in [0.29, 0.717) is 45.1 Å². The van der Waals surface area contributed by atoms with Gasteiger partial charge in [0.15, 0.2) is 5.76 Å². The van der Waals surface area contributed by atoms with Gasteiger partial charge in [0, 0.05) is 26.2 Å². The zero-order valence-electron chi connectivity index (χ0n) is 17.3. The van der Waals surface area contributed by atoms with E-state index in [2.05, 4.69) is 38.2 Å². The molecule has 156 valence electrons. The van der Waals surface area contributed by atoms with Crippen molar-refractivity contribution in [3.63, 3.8) is 0 Å². The second kappa shape index (κ2) is 9.03. The maximum atomic E-state index is 12.3. The Bertz CT molecular complexity index is 802. The maximum Gasteiger partial charge on any atom is 0.317 e. The molecule has 0 aliphatic carbocycles. The lowest BCUT2D eigenvalue weighted by molar-refractivity contribution is 0.0634. The third kappa shape index (κ3) is 5.53. The summed E-state index contributed by atoms with van der Waals surface area (Å²) in [5, 5.41) is 2.87. The molecule has 3 amide bonds. The highest BCUT2D eigenvalue weighted by Gasteiger charge is 2.25. The standard InChI is InChI=1S/C22H29N3O4/c1-22(2,3)17-6-8-18(9-7-17)28-16-10-23-21(27)25-13-11-24(12-14-25)20(26)19-5-4-15-29-19/h4-9,15H,10-14,16H2,1-3H3,(H,23,27). The highest BCUT2D eigenvalue weighted by molar-refractivity contribution is 5.91. The van der Waals surface area contributed by atoms with Crippen LogP contribution in [0, 0.1) is 0 Å². The number of furan rings is 1. The van der Waals surface area contributed by atoms with Crippen molar-refractivity contribution < 1.29 is 18.7 Å². The van der Waals surface area contributed by atoms with Crippen LogP contribution < -0.4 is 10.1 Å². The molecule has 0 atom stereocenters. The fourth-order valence-electron chi connectivity index (χ4n) is 3.16. The first-order valence-electron chi connectivity index (χ1n) is 9.93. The van der Waals surface area contributed by atoms with Crippen LogP contribution in [0.4, 0.5) is 4.79 Å². The fraction of sp³-hybridized carbons (Fsp3) is 0.455. The molecule has 0 saturated carbocycles. The van der Waals surface area contributed by atoms with Crippen molar-refractivity contribution in [3.05, 3.63) is 54.0 Å². The average Bonchev–Trinajstić information content (AvgIpc) is 3.25. The van der Waals surface area contributed by atoms with Crippen molar-refractivity contribution in [2.75, 3.05) is 39.3 Å². The third-order valence-electron chi connectivity index (χ3n) is 4.95. The number of nitrogens with zero attached hydrogens (tertiary/aromatic N) is 2. The summed E-state index contributed by atoms with van der Waals surface area (Å²) < 4.78 is 10.9. The van der Waals surface area contributed by atoms with E-state index in [1.165, 1.54) is 11.8 Å². The highest BCUT2D eigenvalue weighted by atomic mass is 16.5. The molecule has 0 bridgehead atoms. The van der Waals surface area contributed by atoms with Gasteiger partial charge in [0.1, 0.15) is 12.4 Å². The Hall–Kier alpha value is -2.96. The summed E-state index contributed by atoms with van der Waals surface area (Å²) in [5.74, 6) is 0.980. The minimum Gasteiger partial charge on any atom is -0.492 e. The number of rotatable bonds is 5. The van der Waals surface area contributed by atoms with Crippen molar-refractivity contribution in [1.29, 1.82) is 0 Å². The van der Waals surface area contributed by atoms with E-state index in [4.69, 9.17) is 9.15 Å². The van der Waals surface area contributed by atoms with E-state index in [1.54, 1.807) is 21.9 Å². The van der Waals surface area contributed by atoms with Gasteiger partial charge in [-0.3, -0.25) is 4.79 Å². The van der Waals surface area contributed by atoms with Crippen LogP contribution in [0.15, 0.2) is 47.1 Å². The Kier molecular flexibility index (Phi) is 6.46. The number of nitrogens with one attached hydrogen (secondary N) is 1. The largest absolute Gasteiger partial charge is 0.492 e. The van der Waals surface area contributed by atoms with E-state index in [0.717, 1.165) is 5.75 Å². The average molecular weight is 399 g/mol. The lowest BCUT2D eigenvalue weighted by Crippen LogP contribution is -2.53. The number of ether oxygens (including phenoxy) is 1. The lowest BCUT2D eigenvalue weighted by atomic mass is 9.87. The molecule has 29 heavy (non-hydrogen) atoms. The van der Waals surface area contributed by atoms with Crippen LogP contribution in [0.3, 0.4) is 0 Å². The predicted molar refractivity (Wildman–Crippen MR) is 110 cm³/mol. The van der Waals surface area contributed by atoms with Crippen LogP contribution in [-0.4, -0.2) is 61.1 Å². The summed E-state index contributed by atoms with van der Waals surface area (Å²) in [6.45, 7) is 9.30. The van der Waals surface area contributed by atoms with Gasteiger partial charge < -0.3 is 24.3 Å². The van der Waals surface area contributed by atoms with Crippen LogP contribution in [-0.2, 0) is 5.41 Å². The van der Waals surface area contributed by atoms with Crippen LogP contribution in [0.25, 0.3) is 0 Å². The quantitative estimate of drug-likeness (QED) is 0.784. The molecule has 7 nitrogen and oxygen atoms in total.